The van der Waals surface area contributed by atoms with E-state index in [0.717, 1.165) is 16.5 Å². The number of nitrogens with zero attached hydrogens (tertiary/aromatic N) is 2. The lowest BCUT2D eigenvalue weighted by molar-refractivity contribution is -0.384. The summed E-state index contributed by atoms with van der Waals surface area (Å²) in [6.45, 7) is 0.523. The molecule has 0 bridgehead atoms. The third kappa shape index (κ3) is 2.67. The number of hydrogen-bond acceptors (Lipinski definition) is 4. The van der Waals surface area contributed by atoms with Gasteiger partial charge in [0.05, 0.1) is 10.4 Å². The van der Waals surface area contributed by atoms with Crippen LogP contribution in [0.5, 0.6) is 0 Å². The molecule has 5 nitrogen and oxygen atoms in total. The first-order chi connectivity index (χ1) is 10.3. The summed E-state index contributed by atoms with van der Waals surface area (Å²) in [5.41, 5.74) is 2.30. The van der Waals surface area contributed by atoms with Crippen LogP contribution in [0.4, 0.5) is 11.4 Å². The van der Waals surface area contributed by atoms with E-state index in [1.165, 1.54) is 6.20 Å². The van der Waals surface area contributed by atoms with Gasteiger partial charge in [-0.05, 0) is 11.6 Å². The highest BCUT2D eigenvalue weighted by atomic mass is 16.6. The van der Waals surface area contributed by atoms with Crippen molar-refractivity contribution in [1.82, 2.24) is 4.98 Å². The molecule has 0 fully saturated rings. The topological polar surface area (TPSA) is 68.1 Å². The Bertz CT molecular complexity index is 788. The van der Waals surface area contributed by atoms with Crippen molar-refractivity contribution in [2.45, 2.75) is 6.54 Å². The zero-order valence-electron chi connectivity index (χ0n) is 11.2. The van der Waals surface area contributed by atoms with Gasteiger partial charge in [-0.2, -0.15) is 0 Å². The predicted molar refractivity (Wildman–Crippen MR) is 82.2 cm³/mol. The van der Waals surface area contributed by atoms with Crippen molar-refractivity contribution in [1.29, 1.82) is 0 Å². The largest absolute Gasteiger partial charge is 0.375 e. The Morgan fingerprint density at radius 1 is 1.05 bits per heavy atom. The van der Waals surface area contributed by atoms with Crippen LogP contribution in [0.25, 0.3) is 10.9 Å². The lowest BCUT2D eigenvalue weighted by atomic mass is 10.1. The smallest absolute Gasteiger partial charge is 0.311 e. The van der Waals surface area contributed by atoms with Gasteiger partial charge in [-0.15, -0.1) is 0 Å². The van der Waals surface area contributed by atoms with E-state index < -0.39 is 4.92 Å². The molecule has 1 aromatic heterocycles. The number of nitrogens with one attached hydrogen (secondary N) is 1. The summed E-state index contributed by atoms with van der Waals surface area (Å²) in [6, 6.07) is 17.2. The highest BCUT2D eigenvalue weighted by molar-refractivity contribution is 5.95. The maximum atomic E-state index is 11.2. The summed E-state index contributed by atoms with van der Waals surface area (Å²) in [5, 5.41) is 15.1. The monoisotopic (exact) mass is 279 g/mol. The maximum Gasteiger partial charge on any atom is 0.311 e. The molecular formula is C16H13N3O2. The van der Waals surface area contributed by atoms with E-state index >= 15 is 0 Å². The third-order valence-corrected chi connectivity index (χ3v) is 3.26. The molecule has 0 aliphatic rings. The van der Waals surface area contributed by atoms with Gasteiger partial charge < -0.3 is 5.32 Å². The SMILES string of the molecule is O=[N+]([O-])c1cnc2ccccc2c1NCc1ccccc1. The second-order valence-electron chi connectivity index (χ2n) is 4.63. The molecule has 1 N–H and O–H groups in total. The summed E-state index contributed by atoms with van der Waals surface area (Å²) in [5.74, 6) is 0. The van der Waals surface area contributed by atoms with Crippen molar-refractivity contribution in [2.24, 2.45) is 0 Å². The van der Waals surface area contributed by atoms with Crippen LogP contribution >= 0.6 is 0 Å². The first kappa shape index (κ1) is 13.1. The molecule has 0 aliphatic heterocycles. The maximum absolute atomic E-state index is 11.2. The van der Waals surface area contributed by atoms with Crippen molar-refractivity contribution >= 4 is 22.3 Å². The molecular weight excluding hydrogens is 266 g/mol. The van der Waals surface area contributed by atoms with Crippen molar-refractivity contribution in [3.8, 4) is 0 Å². The number of anilines is 1. The lowest BCUT2D eigenvalue weighted by Crippen LogP contribution is -2.04. The molecule has 2 aromatic carbocycles. The van der Waals surface area contributed by atoms with E-state index in [-0.39, 0.29) is 5.69 Å². The number of nitro groups is 1. The lowest BCUT2D eigenvalue weighted by Gasteiger charge is -2.10. The summed E-state index contributed by atoms with van der Waals surface area (Å²) in [4.78, 5) is 14.9. The number of hydrogen-bond donors (Lipinski definition) is 1. The van der Waals surface area contributed by atoms with Gasteiger partial charge in [0.25, 0.3) is 0 Å². The van der Waals surface area contributed by atoms with Gasteiger partial charge in [0.1, 0.15) is 11.9 Å². The molecule has 21 heavy (non-hydrogen) atoms. The molecule has 0 unspecified atom stereocenters. The van der Waals surface area contributed by atoms with Crippen LogP contribution in [0.15, 0.2) is 60.8 Å². The van der Waals surface area contributed by atoms with Crippen LogP contribution in [0.1, 0.15) is 5.56 Å². The number of benzene rings is 2. The minimum Gasteiger partial charge on any atom is -0.375 e. The predicted octanol–water partition coefficient (Wildman–Crippen LogP) is 3.76. The number of rotatable bonds is 4. The molecule has 0 amide bonds. The van der Waals surface area contributed by atoms with E-state index in [1.54, 1.807) is 0 Å². The highest BCUT2D eigenvalue weighted by Crippen LogP contribution is 2.31. The van der Waals surface area contributed by atoms with E-state index in [9.17, 15) is 10.1 Å². The summed E-state index contributed by atoms with van der Waals surface area (Å²) < 4.78 is 0. The van der Waals surface area contributed by atoms with Crippen LogP contribution in [0.2, 0.25) is 0 Å². The highest BCUT2D eigenvalue weighted by Gasteiger charge is 2.17. The molecule has 0 aliphatic carbocycles. The van der Waals surface area contributed by atoms with Crippen LogP contribution in [0, 0.1) is 10.1 Å². The van der Waals surface area contributed by atoms with Crippen molar-refractivity contribution < 1.29 is 4.92 Å². The summed E-state index contributed by atoms with van der Waals surface area (Å²) >= 11 is 0. The Kier molecular flexibility index (Phi) is 3.47. The first-order valence-electron chi connectivity index (χ1n) is 6.55. The average Bonchev–Trinajstić information content (AvgIpc) is 2.53. The summed E-state index contributed by atoms with van der Waals surface area (Å²) in [7, 11) is 0. The second kappa shape index (κ2) is 5.58. The fourth-order valence-electron chi connectivity index (χ4n) is 2.24. The van der Waals surface area contributed by atoms with Gasteiger partial charge >= 0.3 is 5.69 Å². The Hall–Kier alpha value is -2.95. The van der Waals surface area contributed by atoms with Crippen LogP contribution in [-0.4, -0.2) is 9.91 Å². The van der Waals surface area contributed by atoms with Crippen molar-refractivity contribution in [3.63, 3.8) is 0 Å². The normalized spacial score (nSPS) is 10.5. The fraction of sp³-hybridized carbons (Fsp3) is 0.0625. The van der Waals surface area contributed by atoms with E-state index in [2.05, 4.69) is 10.3 Å². The second-order valence-corrected chi connectivity index (χ2v) is 4.63. The van der Waals surface area contributed by atoms with Gasteiger partial charge in [0.15, 0.2) is 0 Å². The van der Waals surface area contributed by atoms with Crippen molar-refractivity contribution in [3.05, 3.63) is 76.5 Å². The van der Waals surface area contributed by atoms with Gasteiger partial charge in [-0.1, -0.05) is 48.5 Å². The average molecular weight is 279 g/mol. The van der Waals surface area contributed by atoms with Crippen LogP contribution in [0.3, 0.4) is 0 Å². The number of para-hydroxylation sites is 1. The number of fused-ring (bicyclic) bond motifs is 1. The molecule has 0 spiro atoms. The first-order valence-corrected chi connectivity index (χ1v) is 6.55. The van der Waals surface area contributed by atoms with Crippen molar-refractivity contribution in [2.75, 3.05) is 5.32 Å². The molecule has 3 aromatic rings. The Morgan fingerprint density at radius 3 is 2.52 bits per heavy atom. The number of aromatic nitrogens is 1. The van der Waals surface area contributed by atoms with Gasteiger partial charge in [-0.25, -0.2) is 4.98 Å². The van der Waals surface area contributed by atoms with E-state index in [0.29, 0.717) is 12.2 Å². The molecule has 3 rings (SSSR count). The van der Waals surface area contributed by atoms with Crippen LogP contribution < -0.4 is 5.32 Å². The molecule has 0 radical (unpaired) electrons. The molecule has 0 saturated carbocycles. The zero-order valence-corrected chi connectivity index (χ0v) is 11.2. The van der Waals surface area contributed by atoms with Gasteiger partial charge in [-0.3, -0.25) is 10.1 Å². The summed E-state index contributed by atoms with van der Waals surface area (Å²) in [6.07, 6.45) is 1.30. The molecule has 0 saturated heterocycles. The van der Waals surface area contributed by atoms with Gasteiger partial charge in [0.2, 0.25) is 0 Å². The Morgan fingerprint density at radius 2 is 1.76 bits per heavy atom. The molecule has 1 heterocycles. The van der Waals surface area contributed by atoms with Crippen LogP contribution in [-0.2, 0) is 6.54 Å². The zero-order chi connectivity index (χ0) is 14.7. The molecule has 0 atom stereocenters. The molecule has 5 heteroatoms. The van der Waals surface area contributed by atoms with Gasteiger partial charge in [0, 0.05) is 11.9 Å². The third-order valence-electron chi connectivity index (χ3n) is 3.26. The minimum atomic E-state index is -0.410. The number of pyridine rings is 1. The van der Waals surface area contributed by atoms with E-state index in [1.807, 2.05) is 54.6 Å². The molecule has 104 valence electrons. The standard InChI is InChI=1S/C16H13N3O2/c20-19(21)15-11-17-14-9-5-4-8-13(14)16(15)18-10-12-6-2-1-3-7-12/h1-9,11H,10H2,(H,17,18). The Labute approximate surface area is 121 Å². The fourth-order valence-corrected chi connectivity index (χ4v) is 2.24. The van der Waals surface area contributed by atoms with E-state index in [4.69, 9.17) is 0 Å². The quantitative estimate of drug-likeness (QED) is 0.583. The Balaban J connectivity index is 2.02. The minimum absolute atomic E-state index is 0.00960.